The van der Waals surface area contributed by atoms with Gasteiger partial charge >= 0.3 is 0 Å². The Morgan fingerprint density at radius 2 is 1.76 bits per heavy atom. The monoisotopic (exact) mass is 398 g/mol. The van der Waals surface area contributed by atoms with Gasteiger partial charge in [-0.25, -0.2) is 4.98 Å². The number of hydrogen-bond acceptors (Lipinski definition) is 7. The average Bonchev–Trinajstić information content (AvgIpc) is 3.22. The molecule has 0 atom stereocenters. The number of fused-ring (bicyclic) bond motifs is 1. The summed E-state index contributed by atoms with van der Waals surface area (Å²) in [5, 5.41) is 5.60. The second-order valence-electron chi connectivity index (χ2n) is 6.64. The van der Waals surface area contributed by atoms with E-state index < -0.39 is 5.91 Å². The summed E-state index contributed by atoms with van der Waals surface area (Å²) in [6.07, 6.45) is 0. The van der Waals surface area contributed by atoms with Crippen LogP contribution in [0.15, 0.2) is 36.4 Å². The number of aromatic nitrogens is 1. The first-order valence-corrected chi connectivity index (χ1v) is 9.45. The van der Waals surface area contributed by atoms with Crippen molar-refractivity contribution in [1.29, 1.82) is 0 Å². The fourth-order valence-corrected chi connectivity index (χ4v) is 3.10. The highest BCUT2D eigenvalue weighted by Gasteiger charge is 2.17. The van der Waals surface area contributed by atoms with Crippen molar-refractivity contribution in [2.24, 2.45) is 0 Å². The number of carbonyl (C=O) groups is 2. The zero-order chi connectivity index (χ0) is 20.1. The number of benzene rings is 1. The van der Waals surface area contributed by atoms with Crippen molar-refractivity contribution in [2.75, 3.05) is 51.5 Å². The summed E-state index contributed by atoms with van der Waals surface area (Å²) in [5.74, 6) is 0.490. The molecule has 0 spiro atoms. The summed E-state index contributed by atoms with van der Waals surface area (Å²) in [7, 11) is 0. The summed E-state index contributed by atoms with van der Waals surface area (Å²) < 4.78 is 15.9. The molecular weight excluding hydrogens is 376 g/mol. The van der Waals surface area contributed by atoms with Gasteiger partial charge in [-0.15, -0.1) is 0 Å². The topological polar surface area (TPSA) is 102 Å². The van der Waals surface area contributed by atoms with Crippen molar-refractivity contribution in [3.8, 4) is 11.5 Å². The molecule has 0 unspecified atom stereocenters. The van der Waals surface area contributed by atoms with E-state index in [0.29, 0.717) is 23.7 Å². The van der Waals surface area contributed by atoms with Gasteiger partial charge in [0.05, 0.1) is 13.2 Å². The van der Waals surface area contributed by atoms with Crippen LogP contribution < -0.4 is 20.1 Å². The molecule has 29 heavy (non-hydrogen) atoms. The Morgan fingerprint density at radius 3 is 2.59 bits per heavy atom. The lowest BCUT2D eigenvalue weighted by molar-refractivity contribution is 0.0383. The van der Waals surface area contributed by atoms with Gasteiger partial charge in [0.2, 0.25) is 6.79 Å². The van der Waals surface area contributed by atoms with Gasteiger partial charge in [-0.1, -0.05) is 6.07 Å². The molecule has 4 rings (SSSR count). The Morgan fingerprint density at radius 1 is 1.00 bits per heavy atom. The van der Waals surface area contributed by atoms with Crippen LogP contribution in [0.5, 0.6) is 11.5 Å². The van der Waals surface area contributed by atoms with Crippen LogP contribution >= 0.6 is 0 Å². The minimum Gasteiger partial charge on any atom is -0.454 e. The van der Waals surface area contributed by atoms with Crippen molar-refractivity contribution < 1.29 is 23.8 Å². The Balaban J connectivity index is 1.33. The SMILES string of the molecule is O=C(NCCN1CCOCC1)c1cccc(C(=O)Nc2ccc3c(c2)OCO3)n1. The standard InChI is InChI=1S/C20H22N4O5/c25-19(21-6-7-24-8-10-27-11-9-24)15-2-1-3-16(23-15)20(26)22-14-4-5-17-18(12-14)29-13-28-17/h1-5,12H,6-11,13H2,(H,21,25)(H,22,26). The smallest absolute Gasteiger partial charge is 0.274 e. The van der Waals surface area contributed by atoms with E-state index in [1.807, 2.05) is 0 Å². The number of anilines is 1. The first-order chi connectivity index (χ1) is 14.2. The molecule has 1 aromatic carbocycles. The molecule has 2 aliphatic heterocycles. The lowest BCUT2D eigenvalue weighted by Gasteiger charge is -2.26. The zero-order valence-electron chi connectivity index (χ0n) is 15.8. The third-order valence-electron chi connectivity index (χ3n) is 4.66. The quantitative estimate of drug-likeness (QED) is 0.752. The molecule has 2 N–H and O–H groups in total. The van der Waals surface area contributed by atoms with Crippen LogP contribution in [0.25, 0.3) is 0 Å². The van der Waals surface area contributed by atoms with Gasteiger partial charge in [0.15, 0.2) is 11.5 Å². The van der Waals surface area contributed by atoms with Crippen LogP contribution in [0.3, 0.4) is 0 Å². The average molecular weight is 398 g/mol. The van der Waals surface area contributed by atoms with Crippen LogP contribution in [-0.4, -0.2) is 67.9 Å². The Kier molecular flexibility index (Phi) is 5.87. The van der Waals surface area contributed by atoms with Crippen LogP contribution in [0.2, 0.25) is 0 Å². The third kappa shape index (κ3) is 4.82. The molecule has 152 valence electrons. The summed E-state index contributed by atoms with van der Waals surface area (Å²) >= 11 is 0. The van der Waals surface area contributed by atoms with Crippen LogP contribution in [-0.2, 0) is 4.74 Å². The maximum Gasteiger partial charge on any atom is 0.274 e. The van der Waals surface area contributed by atoms with E-state index in [1.54, 1.807) is 36.4 Å². The van der Waals surface area contributed by atoms with E-state index in [-0.39, 0.29) is 24.1 Å². The number of nitrogens with one attached hydrogen (secondary N) is 2. The van der Waals surface area contributed by atoms with Gasteiger partial charge in [-0.3, -0.25) is 14.5 Å². The molecule has 1 fully saturated rings. The minimum atomic E-state index is -0.410. The molecule has 9 nitrogen and oxygen atoms in total. The van der Waals surface area contributed by atoms with Crippen LogP contribution in [0, 0.1) is 0 Å². The highest BCUT2D eigenvalue weighted by molar-refractivity contribution is 6.04. The Hall–Kier alpha value is -3.17. The van der Waals surface area contributed by atoms with Crippen LogP contribution in [0.1, 0.15) is 21.0 Å². The van der Waals surface area contributed by atoms with Gasteiger partial charge in [0, 0.05) is 37.9 Å². The van der Waals surface area contributed by atoms with Gasteiger partial charge in [-0.05, 0) is 24.3 Å². The molecule has 3 heterocycles. The predicted octanol–water partition coefficient (Wildman–Crippen LogP) is 1.12. The van der Waals surface area contributed by atoms with Gasteiger partial charge in [-0.2, -0.15) is 0 Å². The molecule has 2 amide bonds. The van der Waals surface area contributed by atoms with E-state index in [9.17, 15) is 9.59 Å². The minimum absolute atomic E-state index is 0.156. The highest BCUT2D eigenvalue weighted by Crippen LogP contribution is 2.34. The van der Waals surface area contributed by atoms with E-state index in [0.717, 1.165) is 32.8 Å². The molecule has 0 radical (unpaired) electrons. The molecule has 9 heteroatoms. The molecule has 0 aliphatic carbocycles. The fourth-order valence-electron chi connectivity index (χ4n) is 3.10. The first kappa shape index (κ1) is 19.2. The lowest BCUT2D eigenvalue weighted by Crippen LogP contribution is -2.41. The molecule has 2 aliphatic rings. The van der Waals surface area contributed by atoms with E-state index in [2.05, 4.69) is 20.5 Å². The molecule has 0 bridgehead atoms. The van der Waals surface area contributed by atoms with Crippen molar-refractivity contribution >= 4 is 17.5 Å². The fraction of sp³-hybridized carbons (Fsp3) is 0.350. The van der Waals surface area contributed by atoms with Gasteiger partial charge < -0.3 is 24.8 Å². The summed E-state index contributed by atoms with van der Waals surface area (Å²) in [5.41, 5.74) is 0.912. The number of ether oxygens (including phenoxy) is 3. The number of carbonyl (C=O) groups excluding carboxylic acids is 2. The third-order valence-corrected chi connectivity index (χ3v) is 4.66. The predicted molar refractivity (Wildman–Crippen MR) is 104 cm³/mol. The Labute approximate surface area is 168 Å². The molecule has 1 aromatic heterocycles. The maximum absolute atomic E-state index is 12.5. The number of morpholine rings is 1. The molecule has 0 saturated carbocycles. The van der Waals surface area contributed by atoms with Gasteiger partial charge in [0.25, 0.3) is 11.8 Å². The van der Waals surface area contributed by atoms with Crippen molar-refractivity contribution in [1.82, 2.24) is 15.2 Å². The Bertz CT molecular complexity index is 898. The second-order valence-corrected chi connectivity index (χ2v) is 6.64. The summed E-state index contributed by atoms with van der Waals surface area (Å²) in [4.78, 5) is 31.3. The number of nitrogens with zero attached hydrogens (tertiary/aromatic N) is 2. The normalized spacial score (nSPS) is 15.7. The van der Waals surface area contributed by atoms with Crippen molar-refractivity contribution in [3.05, 3.63) is 47.8 Å². The van der Waals surface area contributed by atoms with E-state index >= 15 is 0 Å². The second kappa shape index (κ2) is 8.89. The van der Waals surface area contributed by atoms with E-state index in [1.165, 1.54) is 0 Å². The summed E-state index contributed by atoms with van der Waals surface area (Å²) in [6, 6.07) is 9.91. The maximum atomic E-state index is 12.5. The van der Waals surface area contributed by atoms with Crippen LogP contribution in [0.4, 0.5) is 5.69 Å². The van der Waals surface area contributed by atoms with E-state index in [4.69, 9.17) is 14.2 Å². The molecule has 2 aromatic rings. The molecular formula is C20H22N4O5. The summed E-state index contributed by atoms with van der Waals surface area (Å²) in [6.45, 7) is 4.59. The zero-order valence-corrected chi connectivity index (χ0v) is 15.8. The molecule has 1 saturated heterocycles. The number of hydrogen-bond donors (Lipinski definition) is 2. The highest BCUT2D eigenvalue weighted by atomic mass is 16.7. The first-order valence-electron chi connectivity index (χ1n) is 9.45. The van der Waals surface area contributed by atoms with Crippen molar-refractivity contribution in [2.45, 2.75) is 0 Å². The largest absolute Gasteiger partial charge is 0.454 e. The lowest BCUT2D eigenvalue weighted by atomic mass is 10.2. The number of amides is 2. The number of rotatable bonds is 6. The van der Waals surface area contributed by atoms with Crippen molar-refractivity contribution in [3.63, 3.8) is 0 Å². The van der Waals surface area contributed by atoms with Gasteiger partial charge in [0.1, 0.15) is 11.4 Å². The number of pyridine rings is 1.